The number of aromatic amines is 1. The molecule has 0 spiro atoms. The molecule has 0 saturated carbocycles. The summed E-state index contributed by atoms with van der Waals surface area (Å²) in [5.41, 5.74) is -1.20. The monoisotopic (exact) mass is 330 g/mol. The Kier molecular flexibility index (Phi) is 3.99. The summed E-state index contributed by atoms with van der Waals surface area (Å²) in [7, 11) is 0. The Morgan fingerprint density at radius 3 is 2.57 bits per heavy atom. The van der Waals surface area contributed by atoms with Gasteiger partial charge < -0.3 is 4.74 Å². The summed E-state index contributed by atoms with van der Waals surface area (Å²) in [4.78, 5) is 36.7. The fraction of sp³-hybridized carbons (Fsp3) is 0.0625. The number of ether oxygens (including phenoxy) is 1. The summed E-state index contributed by atoms with van der Waals surface area (Å²) >= 11 is 6.11. The van der Waals surface area contributed by atoms with E-state index in [-0.39, 0.29) is 6.54 Å². The molecule has 0 atom stereocenters. The zero-order valence-electron chi connectivity index (χ0n) is 11.8. The van der Waals surface area contributed by atoms with Crippen LogP contribution in [0.4, 0.5) is 0 Å². The number of halogens is 1. The van der Waals surface area contributed by atoms with Crippen molar-refractivity contribution in [3.8, 4) is 5.75 Å². The fourth-order valence-corrected chi connectivity index (χ4v) is 2.41. The van der Waals surface area contributed by atoms with Gasteiger partial charge in [-0.1, -0.05) is 35.9 Å². The molecule has 1 heterocycles. The molecule has 0 fully saturated rings. The topological polar surface area (TPSA) is 81.2 Å². The third kappa shape index (κ3) is 3.17. The van der Waals surface area contributed by atoms with E-state index in [9.17, 15) is 14.4 Å². The van der Waals surface area contributed by atoms with Crippen molar-refractivity contribution < 1.29 is 9.53 Å². The molecule has 1 N–H and O–H groups in total. The summed E-state index contributed by atoms with van der Waals surface area (Å²) in [5, 5.41) is 2.01. The second kappa shape index (κ2) is 6.10. The molecule has 0 radical (unpaired) electrons. The van der Waals surface area contributed by atoms with E-state index in [1.54, 1.807) is 18.2 Å². The maximum Gasteiger partial charge on any atom is 0.331 e. The number of hydrogen-bond donors (Lipinski definition) is 1. The lowest BCUT2D eigenvalue weighted by Gasteiger charge is -2.09. The molecule has 6 nitrogen and oxygen atoms in total. The van der Waals surface area contributed by atoms with Gasteiger partial charge in [0.2, 0.25) is 0 Å². The van der Waals surface area contributed by atoms with Crippen LogP contribution in [0.3, 0.4) is 0 Å². The summed E-state index contributed by atoms with van der Waals surface area (Å²) in [6.07, 6.45) is 1.24. The first-order valence-corrected chi connectivity index (χ1v) is 7.10. The van der Waals surface area contributed by atoms with E-state index in [1.807, 2.05) is 18.2 Å². The molecule has 0 aliphatic rings. The number of aromatic nitrogens is 2. The Labute approximate surface area is 134 Å². The highest BCUT2D eigenvalue weighted by Gasteiger charge is 2.11. The Morgan fingerprint density at radius 1 is 1.09 bits per heavy atom. The fourth-order valence-electron chi connectivity index (χ4n) is 2.19. The Morgan fingerprint density at radius 2 is 1.83 bits per heavy atom. The minimum absolute atomic E-state index is 0.313. The normalized spacial score (nSPS) is 10.7. The van der Waals surface area contributed by atoms with Crippen molar-refractivity contribution in [2.75, 3.05) is 0 Å². The Balaban J connectivity index is 1.87. The van der Waals surface area contributed by atoms with Gasteiger partial charge in [0.05, 0.1) is 0 Å². The number of carbonyl (C=O) groups is 1. The van der Waals surface area contributed by atoms with Crippen LogP contribution in [0.15, 0.2) is 58.3 Å². The van der Waals surface area contributed by atoms with Crippen LogP contribution in [-0.4, -0.2) is 15.5 Å². The lowest BCUT2D eigenvalue weighted by Crippen LogP contribution is -2.32. The van der Waals surface area contributed by atoms with Crippen LogP contribution in [0.1, 0.15) is 0 Å². The predicted octanol–water partition coefficient (Wildman–Crippen LogP) is 1.95. The van der Waals surface area contributed by atoms with E-state index in [0.717, 1.165) is 16.0 Å². The zero-order valence-corrected chi connectivity index (χ0v) is 12.5. The molecule has 3 aromatic rings. The van der Waals surface area contributed by atoms with Crippen molar-refractivity contribution in [2.45, 2.75) is 6.54 Å². The smallest absolute Gasteiger partial charge is 0.331 e. The van der Waals surface area contributed by atoms with Gasteiger partial charge in [0.15, 0.2) is 0 Å². The van der Waals surface area contributed by atoms with Crippen LogP contribution in [-0.2, 0) is 11.3 Å². The largest absolute Gasteiger partial charge is 0.425 e. The van der Waals surface area contributed by atoms with E-state index in [4.69, 9.17) is 16.3 Å². The first-order valence-electron chi connectivity index (χ1n) is 6.72. The number of hydrogen-bond acceptors (Lipinski definition) is 4. The molecule has 1 aromatic heterocycles. The van der Waals surface area contributed by atoms with Crippen molar-refractivity contribution in [3.05, 3.63) is 74.5 Å². The number of H-pyrrole nitrogens is 1. The van der Waals surface area contributed by atoms with Gasteiger partial charge in [-0.2, -0.15) is 0 Å². The second-order valence-corrected chi connectivity index (χ2v) is 5.21. The molecule has 116 valence electrons. The average Bonchev–Trinajstić information content (AvgIpc) is 2.53. The molecule has 23 heavy (non-hydrogen) atoms. The number of benzene rings is 2. The Bertz CT molecular complexity index is 1010. The van der Waals surface area contributed by atoms with Gasteiger partial charge in [-0.05, 0) is 12.1 Å². The van der Waals surface area contributed by atoms with Gasteiger partial charge >= 0.3 is 11.7 Å². The Hall–Kier alpha value is -2.86. The van der Waals surface area contributed by atoms with Crippen molar-refractivity contribution in [2.24, 2.45) is 0 Å². The van der Waals surface area contributed by atoms with E-state index in [0.29, 0.717) is 16.2 Å². The second-order valence-electron chi connectivity index (χ2n) is 4.80. The van der Waals surface area contributed by atoms with Crippen LogP contribution in [0.2, 0.25) is 5.02 Å². The number of carbonyl (C=O) groups excluding carboxylic acids is 1. The maximum absolute atomic E-state index is 12.0. The lowest BCUT2D eigenvalue weighted by atomic mass is 10.1. The molecular weight excluding hydrogens is 320 g/mol. The molecule has 0 bridgehead atoms. The molecule has 0 unspecified atom stereocenters. The molecule has 0 saturated heterocycles. The maximum atomic E-state index is 12.0. The zero-order chi connectivity index (χ0) is 16.4. The summed E-state index contributed by atoms with van der Waals surface area (Å²) < 4.78 is 6.38. The van der Waals surface area contributed by atoms with Crippen molar-refractivity contribution >= 4 is 28.3 Å². The highest BCUT2D eigenvalue weighted by molar-refractivity contribution is 6.35. The first kappa shape index (κ1) is 15.1. The first-order chi connectivity index (χ1) is 11.0. The third-order valence-corrected chi connectivity index (χ3v) is 3.58. The minimum atomic E-state index is -0.671. The van der Waals surface area contributed by atoms with Gasteiger partial charge in [-0.25, -0.2) is 9.59 Å². The number of nitrogens with one attached hydrogen (secondary N) is 1. The van der Waals surface area contributed by atoms with Crippen LogP contribution < -0.4 is 16.0 Å². The van der Waals surface area contributed by atoms with Gasteiger partial charge in [0.25, 0.3) is 5.56 Å². The summed E-state index contributed by atoms with van der Waals surface area (Å²) in [6, 6.07) is 11.6. The third-order valence-electron chi connectivity index (χ3n) is 3.25. The number of rotatable bonds is 3. The van der Waals surface area contributed by atoms with Gasteiger partial charge in [0.1, 0.15) is 12.3 Å². The van der Waals surface area contributed by atoms with E-state index in [2.05, 4.69) is 4.98 Å². The number of esters is 1. The molecule has 0 amide bonds. The van der Waals surface area contributed by atoms with Crippen molar-refractivity contribution in [3.63, 3.8) is 0 Å². The SMILES string of the molecule is O=C(Cn1ccc(=O)[nH]c1=O)Oc1ccc(Cl)c2ccccc12. The van der Waals surface area contributed by atoms with Crippen LogP contribution in [0, 0.1) is 0 Å². The highest BCUT2D eigenvalue weighted by Crippen LogP contribution is 2.31. The molecule has 0 aliphatic carbocycles. The molecule has 0 aliphatic heterocycles. The standard InChI is InChI=1S/C16H11ClN2O4/c17-12-5-6-13(11-4-2-1-3-10(11)12)23-15(21)9-19-8-7-14(20)18-16(19)22/h1-8H,9H2,(H,18,20,22). The number of fused-ring (bicyclic) bond motifs is 1. The van der Waals surface area contributed by atoms with Gasteiger partial charge in [0, 0.05) is 28.1 Å². The molecular formula is C16H11ClN2O4. The highest BCUT2D eigenvalue weighted by atomic mass is 35.5. The molecule has 7 heteroatoms. The molecule has 2 aromatic carbocycles. The van der Waals surface area contributed by atoms with Crippen LogP contribution in [0.25, 0.3) is 10.8 Å². The minimum Gasteiger partial charge on any atom is -0.425 e. The van der Waals surface area contributed by atoms with E-state index >= 15 is 0 Å². The summed E-state index contributed by atoms with van der Waals surface area (Å²) in [6.45, 7) is -0.313. The van der Waals surface area contributed by atoms with Gasteiger partial charge in [-0.15, -0.1) is 0 Å². The van der Waals surface area contributed by atoms with Crippen LogP contribution in [0.5, 0.6) is 5.75 Å². The number of nitrogens with zero attached hydrogens (tertiary/aromatic N) is 1. The molecule has 3 rings (SSSR count). The van der Waals surface area contributed by atoms with Crippen molar-refractivity contribution in [1.29, 1.82) is 0 Å². The summed E-state index contributed by atoms with van der Waals surface area (Å²) in [5.74, 6) is -0.279. The predicted molar refractivity (Wildman–Crippen MR) is 85.9 cm³/mol. The van der Waals surface area contributed by atoms with Crippen LogP contribution >= 0.6 is 11.6 Å². The average molecular weight is 331 g/mol. The van der Waals surface area contributed by atoms with E-state index in [1.165, 1.54) is 6.20 Å². The lowest BCUT2D eigenvalue weighted by molar-refractivity contribution is -0.135. The van der Waals surface area contributed by atoms with Crippen molar-refractivity contribution in [1.82, 2.24) is 9.55 Å². The van der Waals surface area contributed by atoms with Gasteiger partial charge in [-0.3, -0.25) is 14.3 Å². The quantitative estimate of drug-likeness (QED) is 0.588. The van der Waals surface area contributed by atoms with E-state index < -0.39 is 17.2 Å².